The van der Waals surface area contributed by atoms with Gasteiger partial charge in [-0.2, -0.15) is 0 Å². The summed E-state index contributed by atoms with van der Waals surface area (Å²) < 4.78 is 0. The predicted octanol–water partition coefficient (Wildman–Crippen LogP) is 3.51. The van der Waals surface area contributed by atoms with E-state index in [1.54, 1.807) is 0 Å². The van der Waals surface area contributed by atoms with Crippen molar-refractivity contribution in [2.24, 2.45) is 10.8 Å². The Kier molecular flexibility index (Phi) is 9.69. The molecule has 3 N–H and O–H groups in total. The van der Waals surface area contributed by atoms with Crippen LogP contribution < -0.4 is 0 Å². The maximum atomic E-state index is 10.0. The summed E-state index contributed by atoms with van der Waals surface area (Å²) in [6.07, 6.45) is 7.33. The van der Waals surface area contributed by atoms with Crippen molar-refractivity contribution in [2.45, 2.75) is 85.2 Å². The summed E-state index contributed by atoms with van der Waals surface area (Å²) in [5, 5.41) is 28.0. The Balaban J connectivity index is 3.72. The number of hydrogen-bond donors (Lipinski definition) is 3. The summed E-state index contributed by atoms with van der Waals surface area (Å²) in [7, 11) is 0. The molecule has 0 heterocycles. The number of hydrogen-bond acceptors (Lipinski definition) is 3. The molecule has 0 unspecified atom stereocenters. The fraction of sp³-hybridized carbons (Fsp3) is 1.00. The molecular weight excluding hydrogens is 252 g/mol. The van der Waals surface area contributed by atoms with Gasteiger partial charge in [-0.15, -0.1) is 0 Å². The minimum atomic E-state index is -0.204. The van der Waals surface area contributed by atoms with E-state index in [9.17, 15) is 5.11 Å². The van der Waals surface area contributed by atoms with Gasteiger partial charge in [0.25, 0.3) is 0 Å². The largest absolute Gasteiger partial charge is 0.396 e. The Hall–Kier alpha value is -0.120. The zero-order chi connectivity index (χ0) is 15.6. The molecule has 0 saturated heterocycles. The van der Waals surface area contributed by atoms with Crippen LogP contribution in [0.2, 0.25) is 0 Å². The highest BCUT2D eigenvalue weighted by atomic mass is 16.3. The Morgan fingerprint density at radius 3 is 1.35 bits per heavy atom. The van der Waals surface area contributed by atoms with Crippen molar-refractivity contribution in [3.8, 4) is 0 Å². The van der Waals surface area contributed by atoms with Crippen LogP contribution in [0.5, 0.6) is 0 Å². The topological polar surface area (TPSA) is 60.7 Å². The number of rotatable bonds is 12. The molecule has 0 amide bonds. The first-order valence-electron chi connectivity index (χ1n) is 8.12. The molecule has 122 valence electrons. The lowest BCUT2D eigenvalue weighted by molar-refractivity contribution is 0.129. The smallest absolute Gasteiger partial charge is 0.0540 e. The van der Waals surface area contributed by atoms with Crippen molar-refractivity contribution >= 4 is 0 Å². The van der Waals surface area contributed by atoms with Gasteiger partial charge in [-0.3, -0.25) is 0 Å². The highest BCUT2D eigenvalue weighted by molar-refractivity contribution is 4.71. The van der Waals surface area contributed by atoms with E-state index in [0.717, 1.165) is 51.4 Å². The van der Waals surface area contributed by atoms with Crippen LogP contribution in [-0.4, -0.2) is 34.6 Å². The van der Waals surface area contributed by atoms with Crippen LogP contribution in [0.4, 0.5) is 0 Å². The van der Waals surface area contributed by atoms with E-state index in [1.165, 1.54) is 0 Å². The van der Waals surface area contributed by atoms with E-state index >= 15 is 0 Å². The van der Waals surface area contributed by atoms with Crippen LogP contribution in [-0.2, 0) is 0 Å². The molecule has 0 saturated carbocycles. The zero-order valence-corrected chi connectivity index (χ0v) is 14.0. The van der Waals surface area contributed by atoms with Gasteiger partial charge in [0.15, 0.2) is 0 Å². The summed E-state index contributed by atoms with van der Waals surface area (Å²) >= 11 is 0. The molecule has 0 bridgehead atoms. The molecule has 0 aromatic carbocycles. The first-order chi connectivity index (χ1) is 9.22. The second-order valence-electron chi connectivity index (χ2n) is 7.71. The van der Waals surface area contributed by atoms with E-state index in [4.69, 9.17) is 10.2 Å². The Labute approximate surface area is 125 Å². The molecule has 20 heavy (non-hydrogen) atoms. The fourth-order valence-corrected chi connectivity index (χ4v) is 2.63. The first kappa shape index (κ1) is 19.9. The standard InChI is InChI=1S/C17H36O3/c1-16(2,11-13-18)9-5-7-15(20)8-6-10-17(3,4)12-14-19/h15,18-20H,5-14H2,1-4H3. The third kappa shape index (κ3) is 10.6. The van der Waals surface area contributed by atoms with Crippen molar-refractivity contribution in [2.75, 3.05) is 13.2 Å². The summed E-state index contributed by atoms with van der Waals surface area (Å²) in [5.74, 6) is 0. The second kappa shape index (κ2) is 9.75. The average molecular weight is 288 g/mol. The van der Waals surface area contributed by atoms with E-state index in [2.05, 4.69) is 27.7 Å². The summed E-state index contributed by atoms with van der Waals surface area (Å²) in [5.41, 5.74) is 0.356. The van der Waals surface area contributed by atoms with Crippen molar-refractivity contribution < 1.29 is 15.3 Å². The van der Waals surface area contributed by atoms with E-state index in [1.807, 2.05) is 0 Å². The van der Waals surface area contributed by atoms with Crippen LogP contribution in [0.15, 0.2) is 0 Å². The van der Waals surface area contributed by atoms with Crippen LogP contribution in [0.25, 0.3) is 0 Å². The molecule has 0 spiro atoms. The molecule has 0 aliphatic carbocycles. The molecule has 0 rings (SSSR count). The van der Waals surface area contributed by atoms with Gasteiger partial charge in [-0.1, -0.05) is 40.5 Å². The molecule has 0 aromatic heterocycles. The number of aliphatic hydroxyl groups excluding tert-OH is 3. The quantitative estimate of drug-likeness (QED) is 0.515. The van der Waals surface area contributed by atoms with Gasteiger partial charge in [0, 0.05) is 13.2 Å². The summed E-state index contributed by atoms with van der Waals surface area (Å²) in [6.45, 7) is 9.19. The normalized spacial score (nSPS) is 13.2. The maximum Gasteiger partial charge on any atom is 0.0540 e. The fourth-order valence-electron chi connectivity index (χ4n) is 2.63. The predicted molar refractivity (Wildman–Crippen MR) is 84.7 cm³/mol. The van der Waals surface area contributed by atoms with Crippen LogP contribution in [0, 0.1) is 10.8 Å². The second-order valence-corrected chi connectivity index (χ2v) is 7.71. The highest BCUT2D eigenvalue weighted by Crippen LogP contribution is 2.29. The minimum absolute atomic E-state index is 0.178. The van der Waals surface area contributed by atoms with Gasteiger partial charge in [-0.25, -0.2) is 0 Å². The number of aliphatic hydroxyl groups is 3. The van der Waals surface area contributed by atoms with Gasteiger partial charge in [0.2, 0.25) is 0 Å². The van der Waals surface area contributed by atoms with E-state index < -0.39 is 0 Å². The lowest BCUT2D eigenvalue weighted by Gasteiger charge is -2.25. The van der Waals surface area contributed by atoms with Gasteiger partial charge >= 0.3 is 0 Å². The van der Waals surface area contributed by atoms with Gasteiger partial charge in [-0.05, 0) is 49.4 Å². The summed E-state index contributed by atoms with van der Waals surface area (Å²) in [6, 6.07) is 0. The molecule has 3 heteroatoms. The van der Waals surface area contributed by atoms with Gasteiger partial charge in [0.1, 0.15) is 0 Å². The van der Waals surface area contributed by atoms with Gasteiger partial charge < -0.3 is 15.3 Å². The molecule has 0 fully saturated rings. The zero-order valence-electron chi connectivity index (χ0n) is 14.0. The summed E-state index contributed by atoms with van der Waals surface area (Å²) in [4.78, 5) is 0. The van der Waals surface area contributed by atoms with Crippen molar-refractivity contribution in [3.63, 3.8) is 0 Å². The van der Waals surface area contributed by atoms with Crippen molar-refractivity contribution in [1.29, 1.82) is 0 Å². The third-order valence-electron chi connectivity index (χ3n) is 4.36. The molecule has 0 aliphatic rings. The average Bonchev–Trinajstić information content (AvgIpc) is 2.27. The molecule has 0 aromatic rings. The SMILES string of the molecule is CC(C)(CCO)CCCC(O)CCCC(C)(C)CCO. The lowest BCUT2D eigenvalue weighted by Crippen LogP contribution is -2.16. The van der Waals surface area contributed by atoms with Crippen LogP contribution in [0.3, 0.4) is 0 Å². The van der Waals surface area contributed by atoms with E-state index in [-0.39, 0.29) is 30.1 Å². The molecule has 3 nitrogen and oxygen atoms in total. The highest BCUT2D eigenvalue weighted by Gasteiger charge is 2.19. The first-order valence-corrected chi connectivity index (χ1v) is 8.12. The van der Waals surface area contributed by atoms with E-state index in [0.29, 0.717) is 0 Å². The monoisotopic (exact) mass is 288 g/mol. The van der Waals surface area contributed by atoms with Crippen LogP contribution >= 0.6 is 0 Å². The van der Waals surface area contributed by atoms with Gasteiger partial charge in [0.05, 0.1) is 6.10 Å². The Morgan fingerprint density at radius 2 is 1.05 bits per heavy atom. The van der Waals surface area contributed by atoms with Crippen molar-refractivity contribution in [3.05, 3.63) is 0 Å². The molecule has 0 radical (unpaired) electrons. The Morgan fingerprint density at radius 1 is 0.700 bits per heavy atom. The maximum absolute atomic E-state index is 10.0. The molecular formula is C17H36O3. The van der Waals surface area contributed by atoms with Crippen LogP contribution in [0.1, 0.15) is 79.1 Å². The molecule has 0 aliphatic heterocycles. The Bertz CT molecular complexity index is 212. The third-order valence-corrected chi connectivity index (χ3v) is 4.36. The minimum Gasteiger partial charge on any atom is -0.396 e. The lowest BCUT2D eigenvalue weighted by atomic mass is 9.82. The van der Waals surface area contributed by atoms with Crippen molar-refractivity contribution in [1.82, 2.24) is 0 Å². The molecule has 0 atom stereocenters.